The van der Waals surface area contributed by atoms with Gasteiger partial charge in [-0.3, -0.25) is 9.59 Å². The Hall–Kier alpha value is -2.83. The van der Waals surface area contributed by atoms with Gasteiger partial charge in [-0.2, -0.15) is 13.2 Å². The minimum absolute atomic E-state index is 0.0962. The molecule has 2 rings (SSSR count). The average Bonchev–Trinajstić information content (AvgIpc) is 2.58. The number of amides is 1. The van der Waals surface area contributed by atoms with Crippen LogP contribution in [-0.2, 0) is 28.6 Å². The molecule has 0 bridgehead atoms. The summed E-state index contributed by atoms with van der Waals surface area (Å²) in [6, 6.07) is 11.9. The molecular formula is C20H20F3NO3. The van der Waals surface area contributed by atoms with Gasteiger partial charge in [0.2, 0.25) is 5.91 Å². The molecule has 0 fully saturated rings. The van der Waals surface area contributed by atoms with Crippen LogP contribution in [-0.4, -0.2) is 23.5 Å². The second-order valence-corrected chi connectivity index (χ2v) is 6.41. The van der Waals surface area contributed by atoms with Crippen LogP contribution in [0.15, 0.2) is 48.5 Å². The molecule has 144 valence electrons. The molecule has 1 atom stereocenters. The van der Waals surface area contributed by atoms with Crippen molar-refractivity contribution in [1.82, 2.24) is 5.32 Å². The maximum absolute atomic E-state index is 12.7. The number of carboxylic acids is 1. The first-order chi connectivity index (χ1) is 12.6. The number of rotatable bonds is 7. The predicted molar refractivity (Wildman–Crippen MR) is 94.2 cm³/mol. The third-order valence-electron chi connectivity index (χ3n) is 4.08. The normalized spacial score (nSPS) is 12.4. The average molecular weight is 379 g/mol. The first-order valence-electron chi connectivity index (χ1n) is 8.36. The largest absolute Gasteiger partial charge is 0.481 e. The Balaban J connectivity index is 1.95. The molecule has 0 aliphatic rings. The van der Waals surface area contributed by atoms with Gasteiger partial charge in [0.25, 0.3) is 0 Å². The van der Waals surface area contributed by atoms with Crippen molar-refractivity contribution >= 4 is 11.9 Å². The van der Waals surface area contributed by atoms with Crippen molar-refractivity contribution in [2.24, 2.45) is 5.92 Å². The Morgan fingerprint density at radius 1 is 1.07 bits per heavy atom. The Labute approximate surface area is 155 Å². The molecule has 0 heterocycles. The first kappa shape index (κ1) is 20.5. The van der Waals surface area contributed by atoms with E-state index >= 15 is 0 Å². The van der Waals surface area contributed by atoms with Crippen molar-refractivity contribution in [3.05, 3.63) is 70.8 Å². The molecule has 0 saturated heterocycles. The van der Waals surface area contributed by atoms with E-state index < -0.39 is 29.5 Å². The van der Waals surface area contributed by atoms with Gasteiger partial charge >= 0.3 is 12.1 Å². The number of carbonyl (C=O) groups excluding carboxylic acids is 1. The van der Waals surface area contributed by atoms with Gasteiger partial charge in [-0.05, 0) is 30.5 Å². The van der Waals surface area contributed by atoms with Crippen LogP contribution in [0.25, 0.3) is 0 Å². The maximum atomic E-state index is 12.7. The number of hydrogen-bond acceptors (Lipinski definition) is 2. The summed E-state index contributed by atoms with van der Waals surface area (Å²) in [4.78, 5) is 23.5. The molecule has 2 N–H and O–H groups in total. The molecule has 2 aromatic carbocycles. The lowest BCUT2D eigenvalue weighted by Crippen LogP contribution is -2.35. The van der Waals surface area contributed by atoms with E-state index in [0.717, 1.165) is 23.3 Å². The molecule has 0 aliphatic heterocycles. The number of carbonyl (C=O) groups is 2. The van der Waals surface area contributed by atoms with Crippen LogP contribution in [0.4, 0.5) is 13.2 Å². The van der Waals surface area contributed by atoms with Crippen LogP contribution in [0.5, 0.6) is 0 Å². The van der Waals surface area contributed by atoms with Crippen molar-refractivity contribution < 1.29 is 27.9 Å². The quantitative estimate of drug-likeness (QED) is 0.772. The van der Waals surface area contributed by atoms with E-state index in [1.54, 1.807) is 0 Å². The van der Waals surface area contributed by atoms with Gasteiger partial charge in [-0.1, -0.05) is 48.0 Å². The van der Waals surface area contributed by atoms with Crippen LogP contribution in [0.3, 0.4) is 0 Å². The molecule has 1 amide bonds. The van der Waals surface area contributed by atoms with Gasteiger partial charge in [0.1, 0.15) is 0 Å². The molecule has 7 heteroatoms. The van der Waals surface area contributed by atoms with Crippen LogP contribution < -0.4 is 5.32 Å². The van der Waals surface area contributed by atoms with E-state index in [1.807, 2.05) is 31.2 Å². The van der Waals surface area contributed by atoms with Gasteiger partial charge in [-0.25, -0.2) is 0 Å². The number of aryl methyl sites for hydroxylation is 1. The summed E-state index contributed by atoms with van der Waals surface area (Å²) in [6.07, 6.45) is -4.48. The molecule has 2 aromatic rings. The minimum atomic E-state index is -4.48. The highest BCUT2D eigenvalue weighted by atomic mass is 19.4. The smallest absolute Gasteiger partial charge is 0.416 e. The summed E-state index contributed by atoms with van der Waals surface area (Å²) in [5.41, 5.74) is 1.24. The predicted octanol–water partition coefficient (Wildman–Crippen LogP) is 3.62. The van der Waals surface area contributed by atoms with E-state index in [-0.39, 0.29) is 24.9 Å². The van der Waals surface area contributed by atoms with Crippen LogP contribution in [0.2, 0.25) is 0 Å². The standard InChI is InChI=1S/C20H20F3NO3/c1-13-4-2-5-14(8-13)9-16(19(26)27)12-24-18(25)11-15-6-3-7-17(10-15)20(21,22)23/h2-8,10,16H,9,11-12H2,1H3,(H,24,25)(H,26,27). The zero-order chi connectivity index (χ0) is 20.0. The van der Waals surface area contributed by atoms with Crippen LogP contribution >= 0.6 is 0 Å². The van der Waals surface area contributed by atoms with Gasteiger partial charge in [0, 0.05) is 6.54 Å². The van der Waals surface area contributed by atoms with Gasteiger partial charge in [0.15, 0.2) is 0 Å². The Morgan fingerprint density at radius 3 is 2.37 bits per heavy atom. The van der Waals surface area contributed by atoms with Crippen LogP contribution in [0, 0.1) is 12.8 Å². The van der Waals surface area contributed by atoms with Crippen LogP contribution in [0.1, 0.15) is 22.3 Å². The Kier molecular flexibility index (Phi) is 6.60. The molecule has 27 heavy (non-hydrogen) atoms. The highest BCUT2D eigenvalue weighted by molar-refractivity contribution is 5.79. The second-order valence-electron chi connectivity index (χ2n) is 6.41. The van der Waals surface area contributed by atoms with Gasteiger partial charge in [-0.15, -0.1) is 0 Å². The lowest BCUT2D eigenvalue weighted by molar-refractivity contribution is -0.141. The number of carboxylic acid groups (broad SMARTS) is 1. The van der Waals surface area contributed by atoms with Gasteiger partial charge < -0.3 is 10.4 Å². The zero-order valence-electron chi connectivity index (χ0n) is 14.7. The Bertz CT molecular complexity index is 818. The van der Waals surface area contributed by atoms with E-state index in [1.165, 1.54) is 12.1 Å². The summed E-state index contributed by atoms with van der Waals surface area (Å²) in [5.74, 6) is -2.39. The topological polar surface area (TPSA) is 66.4 Å². The van der Waals surface area contributed by atoms with Crippen molar-refractivity contribution in [2.45, 2.75) is 25.9 Å². The fourth-order valence-corrected chi connectivity index (χ4v) is 2.71. The zero-order valence-corrected chi connectivity index (χ0v) is 14.7. The lowest BCUT2D eigenvalue weighted by atomic mass is 9.98. The van der Waals surface area contributed by atoms with E-state index in [4.69, 9.17) is 0 Å². The fourth-order valence-electron chi connectivity index (χ4n) is 2.71. The van der Waals surface area contributed by atoms with Crippen molar-refractivity contribution in [1.29, 1.82) is 0 Å². The van der Waals surface area contributed by atoms with Crippen molar-refractivity contribution in [3.63, 3.8) is 0 Å². The third kappa shape index (κ3) is 6.44. The summed E-state index contributed by atoms with van der Waals surface area (Å²) >= 11 is 0. The molecule has 1 unspecified atom stereocenters. The molecule has 0 spiro atoms. The molecular weight excluding hydrogens is 359 g/mol. The Morgan fingerprint density at radius 2 is 1.74 bits per heavy atom. The summed E-state index contributed by atoms with van der Waals surface area (Å²) in [6.45, 7) is 1.80. The number of benzene rings is 2. The van der Waals surface area contributed by atoms with Crippen molar-refractivity contribution in [2.75, 3.05) is 6.54 Å². The molecule has 0 aromatic heterocycles. The van der Waals surface area contributed by atoms with E-state index in [0.29, 0.717) is 0 Å². The number of hydrogen-bond donors (Lipinski definition) is 2. The minimum Gasteiger partial charge on any atom is -0.481 e. The molecule has 0 saturated carbocycles. The van der Waals surface area contributed by atoms with E-state index in [9.17, 15) is 27.9 Å². The number of halogens is 3. The summed E-state index contributed by atoms with van der Waals surface area (Å²) in [7, 11) is 0. The summed E-state index contributed by atoms with van der Waals surface area (Å²) < 4.78 is 38.2. The lowest BCUT2D eigenvalue weighted by Gasteiger charge is -2.14. The maximum Gasteiger partial charge on any atom is 0.416 e. The van der Waals surface area contributed by atoms with E-state index in [2.05, 4.69) is 5.32 Å². The second kappa shape index (κ2) is 8.70. The molecule has 4 nitrogen and oxygen atoms in total. The highest BCUT2D eigenvalue weighted by Gasteiger charge is 2.30. The number of aliphatic carboxylic acids is 1. The summed E-state index contributed by atoms with van der Waals surface area (Å²) in [5, 5.41) is 11.9. The van der Waals surface area contributed by atoms with Crippen molar-refractivity contribution in [3.8, 4) is 0 Å². The SMILES string of the molecule is Cc1cccc(CC(CNC(=O)Cc2cccc(C(F)(F)F)c2)C(=O)O)c1. The van der Waals surface area contributed by atoms with Gasteiger partial charge in [0.05, 0.1) is 17.9 Å². The molecule has 0 aliphatic carbocycles. The third-order valence-corrected chi connectivity index (χ3v) is 4.08. The monoisotopic (exact) mass is 379 g/mol. The fraction of sp³-hybridized carbons (Fsp3) is 0.300. The molecule has 0 radical (unpaired) electrons. The number of nitrogens with one attached hydrogen (secondary N) is 1. The first-order valence-corrected chi connectivity index (χ1v) is 8.36. The number of alkyl halides is 3. The highest BCUT2D eigenvalue weighted by Crippen LogP contribution is 2.29.